The summed E-state index contributed by atoms with van der Waals surface area (Å²) in [7, 11) is 0. The largest absolute Gasteiger partial charge is 0.294 e. The van der Waals surface area contributed by atoms with Crippen LogP contribution in [0.2, 0.25) is 0 Å². The van der Waals surface area contributed by atoms with Gasteiger partial charge in [-0.2, -0.15) is 0 Å². The molecule has 0 fully saturated rings. The monoisotopic (exact) mass is 431 g/mol. The van der Waals surface area contributed by atoms with Crippen molar-refractivity contribution in [2.45, 2.75) is 25.3 Å². The van der Waals surface area contributed by atoms with Crippen LogP contribution in [0.25, 0.3) is 11.0 Å². The molecule has 0 aliphatic heterocycles. The Balaban J connectivity index is 1.67. The van der Waals surface area contributed by atoms with Crippen molar-refractivity contribution >= 4 is 16.8 Å². The number of rotatable bonds is 7. The summed E-state index contributed by atoms with van der Waals surface area (Å²) >= 11 is 0. The number of carbonyl (C=O) groups excluding carboxylic acids is 1. The van der Waals surface area contributed by atoms with Crippen molar-refractivity contribution in [1.82, 2.24) is 15.0 Å². The van der Waals surface area contributed by atoms with Crippen LogP contribution in [-0.4, -0.2) is 20.8 Å². The van der Waals surface area contributed by atoms with E-state index in [0.717, 1.165) is 27.7 Å². The molecule has 0 amide bonds. The fourth-order valence-corrected chi connectivity index (χ4v) is 4.45. The lowest BCUT2D eigenvalue weighted by Gasteiger charge is -2.28. The van der Waals surface area contributed by atoms with Crippen LogP contribution in [0.1, 0.15) is 45.4 Å². The van der Waals surface area contributed by atoms with E-state index >= 15 is 0 Å². The SMILES string of the molecule is Cc1ccc(C(C(CC(=O)c2ccccc2)c2ccccc2)n2nnc3ccccc32)cc1. The number of nitrogens with zero attached hydrogens (tertiary/aromatic N) is 3. The second kappa shape index (κ2) is 9.21. The van der Waals surface area contributed by atoms with E-state index in [2.05, 4.69) is 53.6 Å². The maximum absolute atomic E-state index is 13.4. The van der Waals surface area contributed by atoms with Crippen molar-refractivity contribution in [3.8, 4) is 0 Å². The van der Waals surface area contributed by atoms with E-state index in [9.17, 15) is 4.79 Å². The molecule has 0 N–H and O–H groups in total. The van der Waals surface area contributed by atoms with Gasteiger partial charge in [0.1, 0.15) is 5.52 Å². The van der Waals surface area contributed by atoms with E-state index in [1.165, 1.54) is 5.56 Å². The lowest BCUT2D eigenvalue weighted by Crippen LogP contribution is -2.23. The first kappa shape index (κ1) is 20.8. The van der Waals surface area contributed by atoms with Gasteiger partial charge in [0.2, 0.25) is 0 Å². The second-order valence-corrected chi connectivity index (χ2v) is 8.39. The Morgan fingerprint density at radius 3 is 2.12 bits per heavy atom. The predicted molar refractivity (Wildman–Crippen MR) is 131 cm³/mol. The molecule has 0 saturated carbocycles. The molecule has 4 heteroatoms. The smallest absolute Gasteiger partial charge is 0.163 e. The van der Waals surface area contributed by atoms with Gasteiger partial charge < -0.3 is 0 Å². The number of ketones is 1. The zero-order valence-corrected chi connectivity index (χ0v) is 18.5. The Bertz CT molecular complexity index is 1360. The first-order chi connectivity index (χ1) is 16.2. The first-order valence-electron chi connectivity index (χ1n) is 11.2. The first-order valence-corrected chi connectivity index (χ1v) is 11.2. The van der Waals surface area contributed by atoms with Crippen molar-refractivity contribution in [2.75, 3.05) is 0 Å². The Hall–Kier alpha value is -4.05. The van der Waals surface area contributed by atoms with E-state index in [1.54, 1.807) is 0 Å². The highest BCUT2D eigenvalue weighted by atomic mass is 16.1. The molecule has 4 aromatic carbocycles. The van der Waals surface area contributed by atoms with Gasteiger partial charge in [-0.15, -0.1) is 5.10 Å². The maximum atomic E-state index is 13.4. The van der Waals surface area contributed by atoms with Gasteiger partial charge in [0.25, 0.3) is 0 Å². The summed E-state index contributed by atoms with van der Waals surface area (Å²) in [5.74, 6) is -0.00213. The normalized spacial score (nSPS) is 13.0. The number of benzene rings is 4. The van der Waals surface area contributed by atoms with Crippen LogP contribution < -0.4 is 0 Å². The number of hydrogen-bond donors (Lipinski definition) is 0. The van der Waals surface area contributed by atoms with Crippen molar-refractivity contribution in [2.24, 2.45) is 0 Å². The molecule has 0 radical (unpaired) electrons. The second-order valence-electron chi connectivity index (χ2n) is 8.39. The van der Waals surface area contributed by atoms with Gasteiger partial charge in [-0.05, 0) is 30.2 Å². The van der Waals surface area contributed by atoms with Crippen molar-refractivity contribution in [3.05, 3.63) is 131 Å². The van der Waals surface area contributed by atoms with Gasteiger partial charge in [-0.3, -0.25) is 4.79 Å². The van der Waals surface area contributed by atoms with E-state index in [1.807, 2.05) is 77.5 Å². The van der Waals surface area contributed by atoms with Gasteiger partial charge in [-0.1, -0.05) is 108 Å². The molecule has 5 rings (SSSR count). The fourth-order valence-electron chi connectivity index (χ4n) is 4.45. The van der Waals surface area contributed by atoms with Crippen LogP contribution in [0.5, 0.6) is 0 Å². The molecule has 2 atom stereocenters. The van der Waals surface area contributed by atoms with Crippen LogP contribution in [0.4, 0.5) is 0 Å². The molecule has 0 aliphatic carbocycles. The Morgan fingerprint density at radius 1 is 0.758 bits per heavy atom. The molecule has 5 aromatic rings. The number of carbonyl (C=O) groups is 1. The molecule has 162 valence electrons. The maximum Gasteiger partial charge on any atom is 0.163 e. The zero-order valence-electron chi connectivity index (χ0n) is 18.5. The molecule has 1 aromatic heterocycles. The average Bonchev–Trinajstić information content (AvgIpc) is 3.29. The number of aromatic nitrogens is 3. The highest BCUT2D eigenvalue weighted by Gasteiger charge is 2.31. The summed E-state index contributed by atoms with van der Waals surface area (Å²) in [6.45, 7) is 2.08. The van der Waals surface area contributed by atoms with Crippen molar-refractivity contribution < 1.29 is 4.79 Å². The average molecular weight is 432 g/mol. The van der Waals surface area contributed by atoms with Crippen molar-refractivity contribution in [3.63, 3.8) is 0 Å². The zero-order chi connectivity index (χ0) is 22.6. The van der Waals surface area contributed by atoms with Gasteiger partial charge in [0.05, 0.1) is 11.6 Å². The molecular weight excluding hydrogens is 406 g/mol. The minimum Gasteiger partial charge on any atom is -0.294 e. The number of hydrogen-bond acceptors (Lipinski definition) is 3. The van der Waals surface area contributed by atoms with Crippen LogP contribution >= 0.6 is 0 Å². The summed E-state index contributed by atoms with van der Waals surface area (Å²) in [6.07, 6.45) is 0.362. The molecule has 0 aliphatic rings. The Labute approximate surface area is 193 Å². The van der Waals surface area contributed by atoms with Crippen LogP contribution in [0, 0.1) is 6.92 Å². The highest BCUT2D eigenvalue weighted by molar-refractivity contribution is 5.96. The lowest BCUT2D eigenvalue weighted by molar-refractivity contribution is 0.0966. The quantitative estimate of drug-likeness (QED) is 0.281. The van der Waals surface area contributed by atoms with Gasteiger partial charge in [0.15, 0.2) is 5.78 Å². The third kappa shape index (κ3) is 4.33. The molecule has 33 heavy (non-hydrogen) atoms. The third-order valence-electron chi connectivity index (χ3n) is 6.17. The van der Waals surface area contributed by atoms with Gasteiger partial charge >= 0.3 is 0 Å². The number of Topliss-reactive ketones (excluding diaryl/α,β-unsaturated/α-hetero) is 1. The summed E-state index contributed by atoms with van der Waals surface area (Å²) in [6, 6.07) is 36.1. The third-order valence-corrected chi connectivity index (χ3v) is 6.17. The standard InChI is InChI=1S/C29H25N3O/c1-21-16-18-24(19-17-21)29(32-27-15-9-8-14-26(27)30-31-32)25(22-10-4-2-5-11-22)20-28(33)23-12-6-3-7-13-23/h2-19,25,29H,20H2,1H3. The molecule has 0 bridgehead atoms. The van der Waals surface area contributed by atoms with Crippen molar-refractivity contribution in [1.29, 1.82) is 0 Å². The van der Waals surface area contributed by atoms with Crippen LogP contribution in [-0.2, 0) is 0 Å². The molecule has 0 spiro atoms. The summed E-state index contributed by atoms with van der Waals surface area (Å²) < 4.78 is 1.98. The number of fused-ring (bicyclic) bond motifs is 1. The Morgan fingerprint density at radius 2 is 1.39 bits per heavy atom. The van der Waals surface area contributed by atoms with Crippen LogP contribution in [0.3, 0.4) is 0 Å². The van der Waals surface area contributed by atoms with E-state index in [4.69, 9.17) is 0 Å². The number of para-hydroxylation sites is 1. The predicted octanol–water partition coefficient (Wildman–Crippen LogP) is 6.39. The minimum absolute atomic E-state index is 0.117. The summed E-state index contributed by atoms with van der Waals surface area (Å²) in [5, 5.41) is 9.00. The molecule has 4 nitrogen and oxygen atoms in total. The van der Waals surface area contributed by atoms with Gasteiger partial charge in [0, 0.05) is 17.9 Å². The molecule has 2 unspecified atom stereocenters. The molecule has 1 heterocycles. The minimum atomic E-state index is -0.187. The topological polar surface area (TPSA) is 47.8 Å². The summed E-state index contributed by atoms with van der Waals surface area (Å²) in [4.78, 5) is 13.4. The highest BCUT2D eigenvalue weighted by Crippen LogP contribution is 2.39. The van der Waals surface area contributed by atoms with E-state index < -0.39 is 0 Å². The lowest BCUT2D eigenvalue weighted by atomic mass is 9.82. The van der Waals surface area contributed by atoms with E-state index in [0.29, 0.717) is 6.42 Å². The molecule has 0 saturated heterocycles. The van der Waals surface area contributed by atoms with Crippen LogP contribution in [0.15, 0.2) is 109 Å². The molecular formula is C29H25N3O. The number of aryl methyl sites for hydroxylation is 1. The van der Waals surface area contributed by atoms with Gasteiger partial charge in [-0.25, -0.2) is 4.68 Å². The fraction of sp³-hybridized carbons (Fsp3) is 0.138. The van der Waals surface area contributed by atoms with E-state index in [-0.39, 0.29) is 17.7 Å². The Kier molecular flexibility index (Phi) is 5.81. The summed E-state index contributed by atoms with van der Waals surface area (Å²) in [5.41, 5.74) is 5.92.